The normalized spacial score (nSPS) is 9.71. The van der Waals surface area contributed by atoms with Crippen LogP contribution in [0.2, 0.25) is 0 Å². The number of urea groups is 1. The van der Waals surface area contributed by atoms with Gasteiger partial charge in [-0.05, 0) is 12.1 Å². The van der Waals surface area contributed by atoms with Crippen LogP contribution in [0.25, 0.3) is 0 Å². The quantitative estimate of drug-likeness (QED) is 0.688. The number of anilines is 1. The second-order valence-corrected chi connectivity index (χ2v) is 4.77. The number of amides is 2. The highest BCUT2D eigenvalue weighted by Crippen LogP contribution is 2.13. The van der Waals surface area contributed by atoms with Crippen LogP contribution in [0.1, 0.15) is 5.56 Å². The molecule has 0 bridgehead atoms. The smallest absolute Gasteiger partial charge is 0.298 e. The summed E-state index contributed by atoms with van der Waals surface area (Å²) in [6.45, 7) is 4.10. The Morgan fingerprint density at radius 3 is 2.24 bits per heavy atom. The molecule has 0 aromatic heterocycles. The molecule has 0 spiro atoms. The topological polar surface area (TPSA) is 32.3 Å². The molecule has 2 rings (SSSR count). The first-order valence-corrected chi connectivity index (χ1v) is 6.97. The number of carbonyl (C=O) groups excluding carboxylic acids is 1. The molecule has 3 nitrogen and oxygen atoms in total. The Morgan fingerprint density at radius 2 is 1.67 bits per heavy atom. The summed E-state index contributed by atoms with van der Waals surface area (Å²) in [5.74, 6) is 0. The van der Waals surface area contributed by atoms with Crippen molar-refractivity contribution in [3.8, 4) is 0 Å². The summed E-state index contributed by atoms with van der Waals surface area (Å²) in [7, 11) is 0. The highest BCUT2D eigenvalue weighted by atomic mass is 32.1. The third-order valence-electron chi connectivity index (χ3n) is 2.88. The summed E-state index contributed by atoms with van der Waals surface area (Å²) >= 11 is 5.27. The monoisotopic (exact) mass is 296 g/mol. The van der Waals surface area contributed by atoms with E-state index in [9.17, 15) is 4.79 Å². The second-order valence-electron chi connectivity index (χ2n) is 4.36. The van der Waals surface area contributed by atoms with Crippen molar-refractivity contribution in [3.63, 3.8) is 0 Å². The largest absolute Gasteiger partial charge is 0.327 e. The summed E-state index contributed by atoms with van der Waals surface area (Å²) in [5, 5.41) is 2.75. The van der Waals surface area contributed by atoms with Crippen molar-refractivity contribution in [2.75, 3.05) is 11.4 Å². The van der Waals surface area contributed by atoms with Gasteiger partial charge in [-0.3, -0.25) is 10.2 Å². The number of benzene rings is 2. The first-order valence-electron chi connectivity index (χ1n) is 6.56. The van der Waals surface area contributed by atoms with Gasteiger partial charge in [0.15, 0.2) is 0 Å². The van der Waals surface area contributed by atoms with Gasteiger partial charge in [-0.15, -0.1) is 6.58 Å². The molecular weight excluding hydrogens is 280 g/mol. The Kier molecular flexibility index (Phi) is 5.23. The lowest BCUT2D eigenvalue weighted by molar-refractivity contribution is 0.251. The second kappa shape index (κ2) is 7.36. The highest BCUT2D eigenvalue weighted by Gasteiger charge is 2.15. The molecular formula is C17H16N2OS. The predicted octanol–water partition coefficient (Wildman–Crippen LogP) is 3.76. The van der Waals surface area contributed by atoms with E-state index >= 15 is 0 Å². The average molecular weight is 296 g/mol. The summed E-state index contributed by atoms with van der Waals surface area (Å²) in [4.78, 5) is 14.4. The standard InChI is InChI=1S/C17H16N2OS/c1-2-13-19(15-11-7-4-8-12-15)17(20)18-16(21)14-9-5-3-6-10-14/h2-12H,1,13H2,(H,18,20,21). The Bertz CT molecular complexity index is 626. The van der Waals surface area contributed by atoms with Crippen LogP contribution in [0, 0.1) is 0 Å². The zero-order valence-electron chi connectivity index (χ0n) is 11.5. The van der Waals surface area contributed by atoms with Crippen LogP contribution in [0.3, 0.4) is 0 Å². The first kappa shape index (κ1) is 14.9. The molecule has 0 unspecified atom stereocenters. The minimum atomic E-state index is -0.269. The lowest BCUT2D eigenvalue weighted by Gasteiger charge is -2.22. The van der Waals surface area contributed by atoms with Crippen LogP contribution in [0.4, 0.5) is 10.5 Å². The molecule has 2 amide bonds. The molecule has 0 atom stereocenters. The Hall–Kier alpha value is -2.46. The predicted molar refractivity (Wildman–Crippen MR) is 90.7 cm³/mol. The Morgan fingerprint density at radius 1 is 1.10 bits per heavy atom. The zero-order valence-corrected chi connectivity index (χ0v) is 12.3. The molecule has 0 heterocycles. The lowest BCUT2D eigenvalue weighted by atomic mass is 10.2. The number of hydrogen-bond donors (Lipinski definition) is 1. The lowest BCUT2D eigenvalue weighted by Crippen LogP contribution is -2.42. The van der Waals surface area contributed by atoms with Gasteiger partial charge in [-0.25, -0.2) is 4.79 Å². The van der Waals surface area contributed by atoms with Crippen LogP contribution in [0.15, 0.2) is 73.3 Å². The van der Waals surface area contributed by atoms with Gasteiger partial charge in [0.2, 0.25) is 0 Å². The molecule has 106 valence electrons. The van der Waals surface area contributed by atoms with E-state index in [1.165, 1.54) is 0 Å². The van der Waals surface area contributed by atoms with Gasteiger partial charge in [-0.1, -0.05) is 66.8 Å². The molecule has 2 aromatic rings. The number of nitrogens with zero attached hydrogens (tertiary/aromatic N) is 1. The number of rotatable bonds is 4. The average Bonchev–Trinajstić information content (AvgIpc) is 2.54. The minimum absolute atomic E-state index is 0.269. The molecule has 0 aliphatic rings. The molecule has 0 radical (unpaired) electrons. The third-order valence-corrected chi connectivity index (χ3v) is 3.22. The first-order chi connectivity index (χ1) is 10.2. The number of para-hydroxylation sites is 1. The van der Waals surface area contributed by atoms with Gasteiger partial charge in [0.25, 0.3) is 0 Å². The summed E-state index contributed by atoms with van der Waals surface area (Å²) in [6.07, 6.45) is 1.68. The van der Waals surface area contributed by atoms with Gasteiger partial charge >= 0.3 is 6.03 Å². The molecule has 2 aromatic carbocycles. The number of carbonyl (C=O) groups is 1. The van der Waals surface area contributed by atoms with Crippen molar-refractivity contribution < 1.29 is 4.79 Å². The van der Waals surface area contributed by atoms with E-state index in [1.807, 2.05) is 60.7 Å². The third kappa shape index (κ3) is 4.00. The van der Waals surface area contributed by atoms with Crippen molar-refractivity contribution in [3.05, 3.63) is 78.9 Å². The fourth-order valence-electron chi connectivity index (χ4n) is 1.87. The molecule has 0 fully saturated rings. The van der Waals surface area contributed by atoms with Crippen molar-refractivity contribution >= 4 is 28.9 Å². The maximum atomic E-state index is 12.4. The Labute approximate surface area is 129 Å². The van der Waals surface area contributed by atoms with Crippen molar-refractivity contribution in [2.45, 2.75) is 0 Å². The minimum Gasteiger partial charge on any atom is -0.298 e. The fourth-order valence-corrected chi connectivity index (χ4v) is 2.09. The van der Waals surface area contributed by atoms with E-state index in [0.717, 1.165) is 11.3 Å². The maximum Gasteiger partial charge on any atom is 0.327 e. The maximum absolute atomic E-state index is 12.4. The molecule has 21 heavy (non-hydrogen) atoms. The van der Waals surface area contributed by atoms with Gasteiger partial charge in [0, 0.05) is 17.8 Å². The van der Waals surface area contributed by atoms with E-state index in [4.69, 9.17) is 12.2 Å². The molecule has 0 aliphatic carbocycles. The number of hydrogen-bond acceptors (Lipinski definition) is 2. The summed E-state index contributed by atoms with van der Waals surface area (Å²) < 4.78 is 0. The van der Waals surface area contributed by atoms with E-state index in [2.05, 4.69) is 11.9 Å². The van der Waals surface area contributed by atoms with Crippen LogP contribution >= 0.6 is 12.2 Å². The van der Waals surface area contributed by atoms with Gasteiger partial charge in [0.1, 0.15) is 4.99 Å². The van der Waals surface area contributed by atoms with Gasteiger partial charge in [0.05, 0.1) is 0 Å². The number of thiocarbonyl (C=S) groups is 1. The van der Waals surface area contributed by atoms with Gasteiger partial charge in [-0.2, -0.15) is 0 Å². The van der Waals surface area contributed by atoms with E-state index in [1.54, 1.807) is 11.0 Å². The van der Waals surface area contributed by atoms with Crippen molar-refractivity contribution in [1.82, 2.24) is 5.32 Å². The fraction of sp³-hybridized carbons (Fsp3) is 0.0588. The molecule has 4 heteroatoms. The van der Waals surface area contributed by atoms with Crippen LogP contribution < -0.4 is 10.2 Å². The van der Waals surface area contributed by atoms with E-state index in [-0.39, 0.29) is 6.03 Å². The highest BCUT2D eigenvalue weighted by molar-refractivity contribution is 7.80. The van der Waals surface area contributed by atoms with Gasteiger partial charge < -0.3 is 0 Å². The van der Waals surface area contributed by atoms with Crippen LogP contribution in [-0.4, -0.2) is 17.6 Å². The Balaban J connectivity index is 2.13. The summed E-state index contributed by atoms with van der Waals surface area (Å²) in [5.41, 5.74) is 1.61. The van der Waals surface area contributed by atoms with E-state index in [0.29, 0.717) is 11.5 Å². The molecule has 0 saturated carbocycles. The van der Waals surface area contributed by atoms with Crippen LogP contribution in [-0.2, 0) is 0 Å². The van der Waals surface area contributed by atoms with Crippen LogP contribution in [0.5, 0.6) is 0 Å². The summed E-state index contributed by atoms with van der Waals surface area (Å²) in [6, 6.07) is 18.5. The van der Waals surface area contributed by atoms with Crippen molar-refractivity contribution in [1.29, 1.82) is 0 Å². The zero-order chi connectivity index (χ0) is 15.1. The number of nitrogens with one attached hydrogen (secondary N) is 1. The van der Waals surface area contributed by atoms with E-state index < -0.39 is 0 Å². The van der Waals surface area contributed by atoms with Crippen molar-refractivity contribution in [2.24, 2.45) is 0 Å². The molecule has 0 aliphatic heterocycles. The SMILES string of the molecule is C=CCN(C(=O)NC(=S)c1ccccc1)c1ccccc1. The molecule has 0 saturated heterocycles. The molecule has 1 N–H and O–H groups in total.